The molecule has 210 valence electrons. The van der Waals surface area contributed by atoms with Crippen LogP contribution in [0, 0.1) is 5.41 Å². The number of thiazole rings is 1. The Hall–Kier alpha value is -4.63. The van der Waals surface area contributed by atoms with Crippen molar-refractivity contribution in [1.82, 2.24) is 38.2 Å². The summed E-state index contributed by atoms with van der Waals surface area (Å²) < 4.78 is 12.0. The summed E-state index contributed by atoms with van der Waals surface area (Å²) in [6.07, 6.45) is 23.8. The van der Waals surface area contributed by atoms with Gasteiger partial charge in [0.15, 0.2) is 10.8 Å². The first-order valence-corrected chi connectivity index (χ1v) is 15.9. The first-order valence-electron chi connectivity index (χ1n) is 15.1. The standard InChI is InChI=1S/C31H28B4N8S/c1-31(2,3)24-22-42-34-16-8-10-18-40(34)32-14-6-9-17-39(32)33-15-7-11-19-41(33)35(42)20-23(24)28-36-21-27-29(38-28)44-30-37-25-12-4-5-13-26(25)43(27)30/h4-22H,1-3H3. The zero-order chi connectivity index (χ0) is 29.6. The van der Waals surface area contributed by atoms with Crippen molar-refractivity contribution in [3.05, 3.63) is 127 Å². The maximum absolute atomic E-state index is 5.21. The van der Waals surface area contributed by atoms with Gasteiger partial charge in [-0.1, -0.05) is 86.4 Å². The lowest BCUT2D eigenvalue weighted by molar-refractivity contribution is 0.507. The van der Waals surface area contributed by atoms with Crippen molar-refractivity contribution in [2.75, 3.05) is 0 Å². The fraction of sp³-hybridized carbons (Fsp3) is 0.129. The van der Waals surface area contributed by atoms with Crippen LogP contribution in [0.2, 0.25) is 0 Å². The first-order chi connectivity index (χ1) is 21.5. The number of benzene rings is 1. The van der Waals surface area contributed by atoms with E-state index in [2.05, 4.69) is 147 Å². The Kier molecular flexibility index (Phi) is 5.54. The van der Waals surface area contributed by atoms with Gasteiger partial charge in [0.25, 0.3) is 0 Å². The summed E-state index contributed by atoms with van der Waals surface area (Å²) in [6, 6.07) is 8.24. The van der Waals surface area contributed by atoms with Crippen LogP contribution in [0.5, 0.6) is 0 Å². The average Bonchev–Trinajstić information content (AvgIpc) is 3.59. The van der Waals surface area contributed by atoms with Crippen LogP contribution in [0.25, 0.3) is 31.9 Å². The van der Waals surface area contributed by atoms with Crippen molar-refractivity contribution in [2.24, 2.45) is 5.41 Å². The van der Waals surface area contributed by atoms with Gasteiger partial charge in [0.1, 0.15) is 10.3 Å². The molecule has 0 atom stereocenters. The van der Waals surface area contributed by atoms with Gasteiger partial charge in [-0.25, -0.2) is 15.0 Å². The summed E-state index contributed by atoms with van der Waals surface area (Å²) in [4.78, 5) is 17.0. The number of hydrogen-bond acceptors (Lipinski definition) is 8. The number of rotatable bonds is 1. The van der Waals surface area contributed by atoms with Crippen LogP contribution in [-0.4, -0.2) is 66.2 Å². The second-order valence-electron chi connectivity index (χ2n) is 12.7. The molecule has 0 aliphatic carbocycles. The monoisotopic (exact) mass is 588 g/mol. The summed E-state index contributed by atoms with van der Waals surface area (Å²) in [5.74, 6) is 9.98. The molecule has 0 radical (unpaired) electrons. The van der Waals surface area contributed by atoms with Crippen molar-refractivity contribution in [3.8, 4) is 0 Å². The van der Waals surface area contributed by atoms with E-state index in [4.69, 9.17) is 15.0 Å². The average molecular weight is 588 g/mol. The van der Waals surface area contributed by atoms with Crippen LogP contribution in [0.1, 0.15) is 26.6 Å². The van der Waals surface area contributed by atoms with E-state index < -0.39 is 0 Å². The van der Waals surface area contributed by atoms with Gasteiger partial charge in [0.05, 0.1) is 17.2 Å². The van der Waals surface area contributed by atoms with Crippen molar-refractivity contribution in [2.45, 2.75) is 20.8 Å². The molecule has 8 heterocycles. The topological polar surface area (TPSA) is 56.0 Å². The third kappa shape index (κ3) is 3.78. The molecule has 0 bridgehead atoms. The van der Waals surface area contributed by atoms with Crippen LogP contribution in [0.4, 0.5) is 0 Å². The van der Waals surface area contributed by atoms with E-state index in [1.54, 1.807) is 11.3 Å². The van der Waals surface area contributed by atoms with Crippen molar-refractivity contribution in [3.63, 3.8) is 0 Å². The number of allylic oxidation sites excluding steroid dienone is 8. The predicted octanol–water partition coefficient (Wildman–Crippen LogP) is 5.40. The second kappa shape index (κ2) is 9.43. The predicted molar refractivity (Wildman–Crippen MR) is 184 cm³/mol. The molecule has 5 aliphatic rings. The molecule has 8 nitrogen and oxygen atoms in total. The molecule has 3 aromatic heterocycles. The lowest BCUT2D eigenvalue weighted by atomic mass is 9.41. The number of fused-ring (bicyclic) bond motifs is 13. The van der Waals surface area contributed by atoms with Crippen LogP contribution < -0.4 is 0 Å². The molecule has 44 heavy (non-hydrogen) atoms. The molecule has 13 heteroatoms. The van der Waals surface area contributed by atoms with Crippen LogP contribution >= 0.6 is 11.3 Å². The van der Waals surface area contributed by atoms with Crippen LogP contribution in [-0.2, 0) is 0 Å². The van der Waals surface area contributed by atoms with Gasteiger partial charge in [0, 0.05) is 5.57 Å². The first kappa shape index (κ1) is 25.8. The molecule has 0 saturated carbocycles. The minimum absolute atomic E-state index is 0.0193. The quantitative estimate of drug-likeness (QED) is 0.277. The second-order valence-corrected chi connectivity index (χ2v) is 13.7. The van der Waals surface area contributed by atoms with E-state index in [0.29, 0.717) is 0 Å². The lowest BCUT2D eigenvalue weighted by Crippen LogP contribution is -2.73. The SMILES string of the molecule is CC(C)(C)C1=CN2B3C=CC=CN3B3C=CC=CN3B3C=CC=CN3B2C=C1c1ncc2c(n1)sc1nc3ccccc3n12. The molecule has 1 aromatic carbocycles. The van der Waals surface area contributed by atoms with Crippen molar-refractivity contribution >= 4 is 71.2 Å². The summed E-state index contributed by atoms with van der Waals surface area (Å²) >= 11 is 1.62. The summed E-state index contributed by atoms with van der Waals surface area (Å²) in [5, 5.41) is 0. The Labute approximate surface area is 261 Å². The third-order valence-electron chi connectivity index (χ3n) is 9.03. The number of para-hydroxylation sites is 2. The lowest BCUT2D eigenvalue weighted by Gasteiger charge is -2.54. The van der Waals surface area contributed by atoms with Crippen molar-refractivity contribution in [1.29, 1.82) is 0 Å². The van der Waals surface area contributed by atoms with E-state index in [1.165, 1.54) is 5.57 Å². The van der Waals surface area contributed by atoms with Gasteiger partial charge in [-0.3, -0.25) is 4.40 Å². The molecule has 0 unspecified atom stereocenters. The minimum Gasteiger partial charge on any atom is -0.423 e. The molecule has 4 aromatic rings. The highest BCUT2D eigenvalue weighted by Gasteiger charge is 2.51. The third-order valence-corrected chi connectivity index (χ3v) is 9.98. The van der Waals surface area contributed by atoms with E-state index in [1.807, 2.05) is 12.3 Å². The molecule has 9 rings (SSSR count). The largest absolute Gasteiger partial charge is 0.423 e. The Morgan fingerprint density at radius 2 is 1.34 bits per heavy atom. The normalized spacial score (nSPS) is 19.1. The van der Waals surface area contributed by atoms with Gasteiger partial charge in [-0.05, 0) is 66.1 Å². The fourth-order valence-corrected chi connectivity index (χ4v) is 7.98. The summed E-state index contributed by atoms with van der Waals surface area (Å²) in [6.45, 7) is 6.88. The molecular weight excluding hydrogens is 560 g/mol. The van der Waals surface area contributed by atoms with E-state index >= 15 is 0 Å². The zero-order valence-electron chi connectivity index (χ0n) is 24.8. The number of nitrogens with zero attached hydrogens (tertiary/aromatic N) is 8. The molecule has 0 N–H and O–H groups in total. The van der Waals surface area contributed by atoms with Gasteiger partial charge in [0.2, 0.25) is 0 Å². The van der Waals surface area contributed by atoms with E-state index in [9.17, 15) is 0 Å². The Morgan fingerprint density at radius 3 is 2.02 bits per heavy atom. The van der Waals surface area contributed by atoms with Crippen LogP contribution in [0.15, 0.2) is 121 Å². The highest BCUT2D eigenvalue weighted by Crippen LogP contribution is 2.41. The van der Waals surface area contributed by atoms with E-state index in [-0.39, 0.29) is 33.3 Å². The van der Waals surface area contributed by atoms with Gasteiger partial charge in [-0.15, -0.1) is 0 Å². The molecule has 0 amide bonds. The van der Waals surface area contributed by atoms with Gasteiger partial charge < -0.3 is 18.9 Å². The number of imidazole rings is 1. The highest BCUT2D eigenvalue weighted by molar-refractivity contribution is 7.23. The minimum atomic E-state index is -0.146. The molecule has 0 spiro atoms. The Morgan fingerprint density at radius 1 is 0.705 bits per heavy atom. The molecule has 1 fully saturated rings. The summed E-state index contributed by atoms with van der Waals surface area (Å²) in [5.41, 5.74) is 5.20. The number of hydrogen-bond donors (Lipinski definition) is 0. The van der Waals surface area contributed by atoms with Crippen molar-refractivity contribution < 1.29 is 0 Å². The Bertz CT molecular complexity index is 2100. The zero-order valence-corrected chi connectivity index (χ0v) is 25.6. The molecular formula is C31H28B4N8S. The maximum atomic E-state index is 5.21. The summed E-state index contributed by atoms with van der Waals surface area (Å²) in [7, 11) is 0. The molecule has 1 saturated heterocycles. The van der Waals surface area contributed by atoms with Crippen LogP contribution in [0.3, 0.4) is 0 Å². The molecule has 5 aliphatic heterocycles. The smallest absolute Gasteiger partial charge is 0.381 e. The highest BCUT2D eigenvalue weighted by atomic mass is 32.1. The van der Waals surface area contributed by atoms with E-state index in [0.717, 1.165) is 37.7 Å². The van der Waals surface area contributed by atoms with Gasteiger partial charge in [-0.2, -0.15) is 0 Å². The Balaban J connectivity index is 1.22. The number of aromatic nitrogens is 4. The maximum Gasteiger partial charge on any atom is 0.381 e. The fourth-order valence-electron chi connectivity index (χ4n) is 6.99. The van der Waals surface area contributed by atoms with Gasteiger partial charge >= 0.3 is 27.9 Å².